The Hall–Kier alpha value is -6.44. The van der Waals surface area contributed by atoms with Crippen molar-refractivity contribution in [2.45, 2.75) is 77.0 Å². The first-order chi connectivity index (χ1) is 25.4. The van der Waals surface area contributed by atoms with Gasteiger partial charge in [0, 0.05) is 80.1 Å². The lowest BCUT2D eigenvalue weighted by atomic mass is 9.85. The Morgan fingerprint density at radius 3 is 1.06 bits per heavy atom. The Balaban J connectivity index is 1.38. The zero-order valence-electron chi connectivity index (χ0n) is 31.4. The van der Waals surface area contributed by atoms with E-state index in [9.17, 15) is 20.2 Å². The number of nitrogens with one attached hydrogen (secondary N) is 4. The van der Waals surface area contributed by atoms with Gasteiger partial charge in [-0.3, -0.25) is 20.2 Å². The maximum atomic E-state index is 11.2. The summed E-state index contributed by atoms with van der Waals surface area (Å²) >= 11 is 0. The van der Waals surface area contributed by atoms with Crippen molar-refractivity contribution in [2.75, 3.05) is 0 Å². The lowest BCUT2D eigenvalue weighted by molar-refractivity contribution is -0.385. The summed E-state index contributed by atoms with van der Waals surface area (Å²) in [7, 11) is 0. The summed E-state index contributed by atoms with van der Waals surface area (Å²) in [5.74, 6) is 0. The van der Waals surface area contributed by atoms with Crippen molar-refractivity contribution in [3.8, 4) is 0 Å². The first kappa shape index (κ1) is 35.9. The summed E-state index contributed by atoms with van der Waals surface area (Å²) in [6, 6.07) is 24.4. The predicted octanol–water partition coefficient (Wildman–Crippen LogP) is 11.3. The highest BCUT2D eigenvalue weighted by molar-refractivity contribution is 5.58. The van der Waals surface area contributed by atoms with Crippen molar-refractivity contribution in [2.24, 2.45) is 20.5 Å². The molecule has 0 saturated carbocycles. The summed E-state index contributed by atoms with van der Waals surface area (Å²) in [5.41, 5.74) is 7.48. The zero-order chi connectivity index (χ0) is 38.8. The Bertz CT molecular complexity index is 2290. The lowest BCUT2D eigenvalue weighted by Crippen LogP contribution is -2.26. The van der Waals surface area contributed by atoms with Crippen LogP contribution in [0.3, 0.4) is 0 Å². The van der Waals surface area contributed by atoms with Gasteiger partial charge in [0.05, 0.1) is 32.6 Å². The Labute approximate surface area is 311 Å². The minimum Gasteiger partial charge on any atom is -0.361 e. The van der Waals surface area contributed by atoms with Crippen LogP contribution in [-0.4, -0.2) is 29.8 Å². The van der Waals surface area contributed by atoms with Gasteiger partial charge in [-0.2, -0.15) is 10.2 Å². The molecule has 14 heteroatoms. The second-order valence-corrected chi connectivity index (χ2v) is 15.9. The van der Waals surface area contributed by atoms with Gasteiger partial charge >= 0.3 is 0 Å². The van der Waals surface area contributed by atoms with E-state index in [0.717, 1.165) is 45.6 Å². The third-order valence-electron chi connectivity index (χ3n) is 10.9. The quantitative estimate of drug-likeness (QED) is 0.0752. The molecule has 0 fully saturated rings. The molecule has 14 nitrogen and oxygen atoms in total. The Kier molecular flexibility index (Phi) is 8.39. The number of nitro benzene ring substituents is 2. The van der Waals surface area contributed by atoms with E-state index >= 15 is 0 Å². The molecule has 1 aliphatic heterocycles. The van der Waals surface area contributed by atoms with E-state index < -0.39 is 31.5 Å². The number of hydrogen-bond donors (Lipinski definition) is 4. The molecule has 6 aromatic rings. The molecule has 276 valence electrons. The van der Waals surface area contributed by atoms with Crippen molar-refractivity contribution < 1.29 is 9.85 Å². The molecule has 0 aliphatic carbocycles. The van der Waals surface area contributed by atoms with E-state index in [0.29, 0.717) is 22.7 Å². The number of H-pyrrole nitrogens is 4. The van der Waals surface area contributed by atoms with E-state index in [1.165, 1.54) is 24.3 Å². The molecule has 54 heavy (non-hydrogen) atoms. The second kappa shape index (κ2) is 12.6. The first-order valence-electron chi connectivity index (χ1n) is 17.6. The third kappa shape index (κ3) is 6.12. The third-order valence-corrected chi connectivity index (χ3v) is 10.9. The van der Waals surface area contributed by atoms with Crippen molar-refractivity contribution >= 4 is 34.1 Å². The maximum Gasteiger partial charge on any atom is 0.269 e. The van der Waals surface area contributed by atoms with Gasteiger partial charge in [-0.15, -0.1) is 10.2 Å². The van der Waals surface area contributed by atoms with E-state index in [2.05, 4.69) is 110 Å². The second-order valence-electron chi connectivity index (χ2n) is 15.9. The molecule has 0 radical (unpaired) electrons. The topological polar surface area (TPSA) is 199 Å². The Morgan fingerprint density at radius 1 is 0.426 bits per heavy atom. The van der Waals surface area contributed by atoms with Crippen LogP contribution in [0.5, 0.6) is 0 Å². The molecule has 4 aromatic heterocycles. The molecule has 0 unspecified atom stereocenters. The minimum atomic E-state index is -0.605. The predicted molar refractivity (Wildman–Crippen MR) is 206 cm³/mol. The minimum absolute atomic E-state index is 0.0143. The van der Waals surface area contributed by atoms with Gasteiger partial charge in [-0.05, 0) is 116 Å². The number of aromatic amines is 4. The van der Waals surface area contributed by atoms with E-state index in [4.69, 9.17) is 10.2 Å². The summed E-state index contributed by atoms with van der Waals surface area (Å²) in [5, 5.41) is 40.8. The maximum absolute atomic E-state index is 11.2. The number of fused-ring (bicyclic) bond motifs is 8. The van der Waals surface area contributed by atoms with Gasteiger partial charge in [0.2, 0.25) is 0 Å². The first-order valence-corrected chi connectivity index (χ1v) is 17.6. The number of nitro groups is 2. The molecule has 1 aliphatic rings. The molecule has 5 heterocycles. The van der Waals surface area contributed by atoms with Gasteiger partial charge in [0.1, 0.15) is 11.4 Å². The zero-order valence-corrected chi connectivity index (χ0v) is 31.4. The highest BCUT2D eigenvalue weighted by Crippen LogP contribution is 2.46. The molecule has 0 spiro atoms. The lowest BCUT2D eigenvalue weighted by Gasteiger charge is -2.28. The molecule has 0 amide bonds. The van der Waals surface area contributed by atoms with Crippen molar-refractivity contribution in [3.63, 3.8) is 0 Å². The van der Waals surface area contributed by atoms with Gasteiger partial charge in [0.15, 0.2) is 0 Å². The van der Waals surface area contributed by atoms with Crippen LogP contribution in [-0.2, 0) is 21.7 Å². The Morgan fingerprint density at radius 2 is 0.741 bits per heavy atom. The molecule has 4 N–H and O–H groups in total. The smallest absolute Gasteiger partial charge is 0.269 e. The molecule has 0 saturated heterocycles. The van der Waals surface area contributed by atoms with Crippen LogP contribution < -0.4 is 0 Å². The molecule has 0 atom stereocenters. The summed E-state index contributed by atoms with van der Waals surface area (Å²) in [6.07, 6.45) is 0. The van der Waals surface area contributed by atoms with Crippen LogP contribution in [0.2, 0.25) is 0 Å². The number of azo groups is 2. The monoisotopic (exact) mass is 726 g/mol. The summed E-state index contributed by atoms with van der Waals surface area (Å²) in [4.78, 5) is 36.5. The summed E-state index contributed by atoms with van der Waals surface area (Å²) < 4.78 is 0. The fourth-order valence-corrected chi connectivity index (χ4v) is 6.98. The van der Waals surface area contributed by atoms with E-state index in [-0.39, 0.29) is 11.4 Å². The number of benzene rings is 2. The van der Waals surface area contributed by atoms with E-state index in [1.54, 1.807) is 24.3 Å². The number of nitrogens with zero attached hydrogens (tertiary/aromatic N) is 6. The number of non-ortho nitro benzene ring substituents is 2. The molecular weight excluding hydrogens is 685 g/mol. The van der Waals surface area contributed by atoms with Crippen LogP contribution in [0.4, 0.5) is 34.1 Å². The molecule has 2 aromatic carbocycles. The summed E-state index contributed by atoms with van der Waals surface area (Å²) in [6.45, 7) is 17.1. The van der Waals surface area contributed by atoms with Crippen molar-refractivity contribution in [1.29, 1.82) is 0 Å². The van der Waals surface area contributed by atoms with E-state index in [1.807, 2.05) is 12.1 Å². The van der Waals surface area contributed by atoms with Gasteiger partial charge < -0.3 is 19.9 Å². The van der Waals surface area contributed by atoms with Gasteiger partial charge in [-0.1, -0.05) is 0 Å². The molecular formula is C40H42N10O4. The number of rotatable bonds is 6. The van der Waals surface area contributed by atoms with Crippen LogP contribution >= 0.6 is 0 Å². The average Bonchev–Trinajstić information content (AvgIpc) is 3.96. The standard InChI is InChI=1S/C40H42N10O4/c1-37(2)29-17-18-30(41-29)38(3,4)34-22-28(48-46-24-11-15-26(16-12-24)50(53)54)36(44-34)40(7,8)32-20-19-31(42-32)39(5,6)35-27(21-33(37)43-35)47-45-23-9-13-25(14-10-23)49(51)52/h9-22,41-44H,1-8H3. The van der Waals surface area contributed by atoms with Crippen LogP contribution in [0.1, 0.15) is 101 Å². The van der Waals surface area contributed by atoms with Crippen LogP contribution in [0.15, 0.2) is 105 Å². The highest BCUT2D eigenvalue weighted by atomic mass is 16.6. The molecule has 8 bridgehead atoms. The number of aromatic nitrogens is 4. The average molecular weight is 727 g/mol. The van der Waals surface area contributed by atoms with Gasteiger partial charge in [0.25, 0.3) is 11.4 Å². The van der Waals surface area contributed by atoms with Gasteiger partial charge in [-0.25, -0.2) is 0 Å². The van der Waals surface area contributed by atoms with Crippen molar-refractivity contribution in [1.82, 2.24) is 19.9 Å². The van der Waals surface area contributed by atoms with Crippen LogP contribution in [0.25, 0.3) is 0 Å². The largest absolute Gasteiger partial charge is 0.361 e. The molecule has 7 rings (SSSR count). The van der Waals surface area contributed by atoms with Crippen molar-refractivity contribution in [3.05, 3.63) is 151 Å². The fourth-order valence-electron chi connectivity index (χ4n) is 6.98. The van der Waals surface area contributed by atoms with Crippen LogP contribution in [0, 0.1) is 20.2 Å². The normalized spacial score (nSPS) is 16.9. The highest BCUT2D eigenvalue weighted by Gasteiger charge is 2.39. The SMILES string of the molecule is CC1(C)c2ccc([nH]2)C(C)(C)c2cc(N=Nc3ccc([N+](=O)[O-])cc3)c([nH]2)C(C)(C)c2ccc([nH]2)C(C)(C)c2[nH]c1cc2N=Nc1ccc([N+](=O)[O-])cc1. The fraction of sp³-hybridized carbons (Fsp3) is 0.300. The number of hydrogen-bond acceptors (Lipinski definition) is 8.